The van der Waals surface area contributed by atoms with E-state index in [0.29, 0.717) is 12.8 Å². The Morgan fingerprint density at radius 1 is 1.17 bits per heavy atom. The normalized spacial score (nSPS) is 10.9. The molecule has 0 aliphatic heterocycles. The summed E-state index contributed by atoms with van der Waals surface area (Å²) in [6, 6.07) is 4.30. The molecule has 1 rings (SSSR count). The van der Waals surface area contributed by atoms with Gasteiger partial charge in [-0.3, -0.25) is 9.59 Å². The van der Waals surface area contributed by atoms with Crippen molar-refractivity contribution >= 4 is 18.1 Å². The molecule has 1 aromatic carbocycles. The van der Waals surface area contributed by atoms with E-state index in [-0.39, 0.29) is 18.5 Å². The van der Waals surface area contributed by atoms with Gasteiger partial charge < -0.3 is 4.74 Å². The number of amides is 1. The lowest BCUT2D eigenvalue weighted by Gasteiger charge is -2.17. The van der Waals surface area contributed by atoms with Gasteiger partial charge in [0.05, 0.1) is 12.6 Å². The number of benzene rings is 1. The Bertz CT molecular complexity index is 584. The van der Waals surface area contributed by atoms with Gasteiger partial charge in [-0.15, -0.1) is 0 Å². The number of hydrazone groups is 1. The van der Waals surface area contributed by atoms with Gasteiger partial charge in [0.1, 0.15) is 6.61 Å². The van der Waals surface area contributed by atoms with Crippen LogP contribution in [0.2, 0.25) is 0 Å². The van der Waals surface area contributed by atoms with Crippen molar-refractivity contribution in [1.82, 2.24) is 5.01 Å². The molecule has 5 nitrogen and oxygen atoms in total. The van der Waals surface area contributed by atoms with E-state index < -0.39 is 0 Å². The first-order chi connectivity index (χ1) is 11.4. The lowest BCUT2D eigenvalue weighted by Crippen LogP contribution is -2.24. The molecule has 0 aliphatic carbocycles. The van der Waals surface area contributed by atoms with Gasteiger partial charge in [0, 0.05) is 13.5 Å². The van der Waals surface area contributed by atoms with Gasteiger partial charge in [-0.2, -0.15) is 5.10 Å². The van der Waals surface area contributed by atoms with Crippen LogP contribution in [0.15, 0.2) is 17.2 Å². The molecule has 0 spiro atoms. The summed E-state index contributed by atoms with van der Waals surface area (Å²) < 4.78 is 4.90. The molecule has 24 heavy (non-hydrogen) atoms. The zero-order valence-corrected chi connectivity index (χ0v) is 15.4. The van der Waals surface area contributed by atoms with Gasteiger partial charge in [-0.05, 0) is 36.5 Å². The summed E-state index contributed by atoms with van der Waals surface area (Å²) >= 11 is 0. The highest BCUT2D eigenvalue weighted by atomic mass is 16.5. The SMILES string of the molecule is CCC(=O)OCC=NN(C)C(=O)Cc1c(CC)cc(C)cc1CC. The van der Waals surface area contributed by atoms with E-state index in [1.54, 1.807) is 14.0 Å². The molecular formula is C19H28N2O3. The number of hydrogen-bond donors (Lipinski definition) is 0. The maximum atomic E-state index is 12.4. The molecule has 132 valence electrons. The number of hydrogen-bond acceptors (Lipinski definition) is 4. The molecule has 1 amide bonds. The maximum absolute atomic E-state index is 12.4. The van der Waals surface area contributed by atoms with E-state index in [9.17, 15) is 9.59 Å². The van der Waals surface area contributed by atoms with Crippen molar-refractivity contribution in [3.63, 3.8) is 0 Å². The first-order valence-electron chi connectivity index (χ1n) is 8.48. The van der Waals surface area contributed by atoms with E-state index in [1.165, 1.54) is 27.9 Å². The van der Waals surface area contributed by atoms with Crippen LogP contribution in [0, 0.1) is 6.92 Å². The van der Waals surface area contributed by atoms with E-state index in [0.717, 1.165) is 18.4 Å². The van der Waals surface area contributed by atoms with Gasteiger partial charge in [0.25, 0.3) is 0 Å². The predicted octanol–water partition coefficient (Wildman–Crippen LogP) is 3.06. The van der Waals surface area contributed by atoms with Crippen LogP contribution in [0.3, 0.4) is 0 Å². The zero-order chi connectivity index (χ0) is 18.1. The van der Waals surface area contributed by atoms with Crippen molar-refractivity contribution in [2.45, 2.75) is 53.4 Å². The van der Waals surface area contributed by atoms with Crippen molar-refractivity contribution in [1.29, 1.82) is 0 Å². The average Bonchev–Trinajstić information content (AvgIpc) is 2.58. The van der Waals surface area contributed by atoms with Crippen LogP contribution in [0.1, 0.15) is 49.4 Å². The number of ether oxygens (including phenoxy) is 1. The molecule has 0 unspecified atom stereocenters. The lowest BCUT2D eigenvalue weighted by molar-refractivity contribution is -0.141. The highest BCUT2D eigenvalue weighted by Gasteiger charge is 2.14. The molecule has 0 atom stereocenters. The van der Waals surface area contributed by atoms with Crippen LogP contribution in [0.4, 0.5) is 0 Å². The third-order valence-corrected chi connectivity index (χ3v) is 3.89. The number of rotatable bonds is 8. The highest BCUT2D eigenvalue weighted by Crippen LogP contribution is 2.20. The van der Waals surface area contributed by atoms with Gasteiger partial charge >= 0.3 is 5.97 Å². The van der Waals surface area contributed by atoms with Crippen molar-refractivity contribution in [2.75, 3.05) is 13.7 Å². The number of likely N-dealkylation sites (N-methyl/N-ethyl adjacent to an activating group) is 1. The second kappa shape index (κ2) is 9.85. The number of carbonyl (C=O) groups excluding carboxylic acids is 2. The van der Waals surface area contributed by atoms with Crippen molar-refractivity contribution in [2.24, 2.45) is 5.10 Å². The second-order valence-corrected chi connectivity index (χ2v) is 5.70. The summed E-state index contributed by atoms with van der Waals surface area (Å²) in [4.78, 5) is 23.5. The Morgan fingerprint density at radius 2 is 1.75 bits per heavy atom. The Kier molecular flexibility index (Phi) is 8.16. The number of aryl methyl sites for hydroxylation is 3. The fourth-order valence-corrected chi connectivity index (χ4v) is 2.55. The number of esters is 1. The smallest absolute Gasteiger partial charge is 0.305 e. The van der Waals surface area contributed by atoms with Gasteiger partial charge in [-0.1, -0.05) is 38.5 Å². The van der Waals surface area contributed by atoms with Crippen LogP contribution >= 0.6 is 0 Å². The summed E-state index contributed by atoms with van der Waals surface area (Å²) in [5.74, 6) is -0.364. The Hall–Kier alpha value is -2.17. The topological polar surface area (TPSA) is 59.0 Å². The van der Waals surface area contributed by atoms with Crippen LogP contribution in [0.5, 0.6) is 0 Å². The molecule has 0 saturated heterocycles. The van der Waals surface area contributed by atoms with Crippen LogP contribution in [-0.4, -0.2) is 36.8 Å². The summed E-state index contributed by atoms with van der Waals surface area (Å²) in [5.41, 5.74) is 4.77. The molecule has 0 aromatic heterocycles. The third-order valence-electron chi connectivity index (χ3n) is 3.89. The molecule has 0 fully saturated rings. The largest absolute Gasteiger partial charge is 0.460 e. The molecule has 0 N–H and O–H groups in total. The van der Waals surface area contributed by atoms with E-state index >= 15 is 0 Å². The molecule has 1 aromatic rings. The molecule has 0 bridgehead atoms. The fourth-order valence-electron chi connectivity index (χ4n) is 2.55. The van der Waals surface area contributed by atoms with Crippen molar-refractivity contribution in [3.05, 3.63) is 34.4 Å². The minimum Gasteiger partial charge on any atom is -0.460 e. The van der Waals surface area contributed by atoms with Gasteiger partial charge in [-0.25, -0.2) is 5.01 Å². The Balaban J connectivity index is 2.76. The fraction of sp³-hybridized carbons (Fsp3) is 0.526. The quantitative estimate of drug-likeness (QED) is 0.418. The summed E-state index contributed by atoms with van der Waals surface area (Å²) in [7, 11) is 1.62. The summed E-state index contributed by atoms with van der Waals surface area (Å²) in [6.07, 6.45) is 3.89. The van der Waals surface area contributed by atoms with E-state index in [4.69, 9.17) is 4.74 Å². The molecule has 0 heterocycles. The van der Waals surface area contributed by atoms with Gasteiger partial charge in [0.15, 0.2) is 0 Å². The summed E-state index contributed by atoms with van der Waals surface area (Å²) in [6.45, 7) is 8.10. The van der Waals surface area contributed by atoms with Crippen molar-refractivity contribution in [3.8, 4) is 0 Å². The van der Waals surface area contributed by atoms with Crippen LogP contribution < -0.4 is 0 Å². The Morgan fingerprint density at radius 3 is 2.25 bits per heavy atom. The Labute approximate surface area is 144 Å². The molecule has 0 saturated carbocycles. The lowest BCUT2D eigenvalue weighted by atomic mass is 9.92. The molecule has 0 radical (unpaired) electrons. The molecule has 0 aliphatic rings. The van der Waals surface area contributed by atoms with Crippen LogP contribution in [0.25, 0.3) is 0 Å². The average molecular weight is 332 g/mol. The van der Waals surface area contributed by atoms with Crippen LogP contribution in [-0.2, 0) is 33.6 Å². The second-order valence-electron chi connectivity index (χ2n) is 5.70. The minimum atomic E-state index is -0.282. The third kappa shape index (κ3) is 5.80. The maximum Gasteiger partial charge on any atom is 0.305 e. The highest BCUT2D eigenvalue weighted by molar-refractivity contribution is 5.80. The van der Waals surface area contributed by atoms with E-state index in [2.05, 4.69) is 38.0 Å². The predicted molar refractivity (Wildman–Crippen MR) is 96.2 cm³/mol. The molecular weight excluding hydrogens is 304 g/mol. The number of nitrogens with zero attached hydrogens (tertiary/aromatic N) is 2. The number of carbonyl (C=O) groups is 2. The summed E-state index contributed by atoms with van der Waals surface area (Å²) in [5, 5.41) is 5.34. The van der Waals surface area contributed by atoms with E-state index in [1.807, 2.05) is 0 Å². The minimum absolute atomic E-state index is 0.0786. The molecule has 5 heteroatoms. The standard InChI is InChI=1S/C19H28N2O3/c1-6-15-11-14(4)12-16(7-2)17(15)13-18(22)21(5)20-9-10-24-19(23)8-3/h9,11-12H,6-8,10,13H2,1-5H3. The van der Waals surface area contributed by atoms with Gasteiger partial charge in [0.2, 0.25) is 5.91 Å². The van der Waals surface area contributed by atoms with Crippen molar-refractivity contribution < 1.29 is 14.3 Å². The first kappa shape index (κ1) is 19.9. The zero-order valence-electron chi connectivity index (χ0n) is 15.4. The monoisotopic (exact) mass is 332 g/mol. The first-order valence-corrected chi connectivity index (χ1v) is 8.48.